The molecule has 1 aliphatic rings. The van der Waals surface area contributed by atoms with Crippen molar-refractivity contribution in [1.29, 1.82) is 0 Å². The number of carbonyl (C=O) groups is 2. The van der Waals surface area contributed by atoms with Gasteiger partial charge >= 0.3 is 12.1 Å². The number of alkyl carbamates (subject to hydrolysis) is 1. The lowest BCUT2D eigenvalue weighted by atomic mass is 9.84. The molecule has 0 aromatic carbocycles. The lowest BCUT2D eigenvalue weighted by Gasteiger charge is -2.31. The number of urea groups is 1. The van der Waals surface area contributed by atoms with Crippen LogP contribution in [0.25, 0.3) is 11.3 Å². The molecular formula is C22H31N5O3S. The number of hydrogen-bond donors (Lipinski definition) is 3. The maximum atomic E-state index is 12.7. The van der Waals surface area contributed by atoms with Crippen LogP contribution < -0.4 is 16.0 Å². The van der Waals surface area contributed by atoms with Gasteiger partial charge in [-0.05, 0) is 51.7 Å². The van der Waals surface area contributed by atoms with E-state index in [0.717, 1.165) is 36.9 Å². The Labute approximate surface area is 187 Å². The van der Waals surface area contributed by atoms with Gasteiger partial charge in [0.15, 0.2) is 5.13 Å². The Morgan fingerprint density at radius 2 is 2.03 bits per heavy atom. The van der Waals surface area contributed by atoms with Crippen LogP contribution >= 0.6 is 11.3 Å². The summed E-state index contributed by atoms with van der Waals surface area (Å²) in [7, 11) is 0. The van der Waals surface area contributed by atoms with E-state index in [1.165, 1.54) is 17.8 Å². The van der Waals surface area contributed by atoms with E-state index in [-0.39, 0.29) is 12.1 Å². The Morgan fingerprint density at radius 3 is 2.71 bits per heavy atom. The van der Waals surface area contributed by atoms with Crippen molar-refractivity contribution in [2.45, 2.75) is 64.5 Å². The van der Waals surface area contributed by atoms with Crippen LogP contribution in [0, 0.1) is 5.92 Å². The summed E-state index contributed by atoms with van der Waals surface area (Å²) in [6.07, 6.45) is 8.52. The maximum Gasteiger partial charge on any atom is 0.407 e. The molecule has 2 aromatic rings. The molecule has 9 heteroatoms. The monoisotopic (exact) mass is 445 g/mol. The van der Waals surface area contributed by atoms with Crippen molar-refractivity contribution in [3.63, 3.8) is 0 Å². The van der Waals surface area contributed by atoms with Crippen molar-refractivity contribution in [3.05, 3.63) is 29.9 Å². The van der Waals surface area contributed by atoms with E-state index in [9.17, 15) is 9.59 Å². The number of pyridine rings is 1. The standard InChI is InChI=1S/C22H31N5O3S/c1-22(2,3)30-21(29)24-13-17(15-8-5-4-6-9-15)25-19(28)27-20-26-18(14-31-20)16-10-7-11-23-12-16/h7,10-12,14-15,17H,4-6,8-9,13H2,1-3H3,(H,24,29)(H2,25,26,27,28)/t17-/m1/s1. The Balaban J connectivity index is 1.58. The molecule has 1 atom stereocenters. The van der Waals surface area contributed by atoms with Crippen molar-refractivity contribution in [3.8, 4) is 11.3 Å². The van der Waals surface area contributed by atoms with Crippen molar-refractivity contribution >= 4 is 28.6 Å². The molecule has 0 radical (unpaired) electrons. The molecular weight excluding hydrogens is 414 g/mol. The summed E-state index contributed by atoms with van der Waals surface area (Å²) in [5, 5.41) is 11.1. The van der Waals surface area contributed by atoms with E-state index in [2.05, 4.69) is 25.9 Å². The van der Waals surface area contributed by atoms with Crippen LogP contribution in [0.3, 0.4) is 0 Å². The number of rotatable bonds is 6. The zero-order chi connectivity index (χ0) is 22.3. The quantitative estimate of drug-likeness (QED) is 0.592. The molecule has 2 aromatic heterocycles. The van der Waals surface area contributed by atoms with Gasteiger partial charge in [0.1, 0.15) is 5.60 Å². The second kappa shape index (κ2) is 10.6. The van der Waals surface area contributed by atoms with Gasteiger partial charge in [-0.1, -0.05) is 19.3 Å². The fraction of sp³-hybridized carbons (Fsp3) is 0.545. The SMILES string of the molecule is CC(C)(C)OC(=O)NC[C@@H](NC(=O)Nc1nc(-c2cccnc2)cs1)C1CCCCC1. The van der Waals surface area contributed by atoms with Gasteiger partial charge in [0.2, 0.25) is 0 Å². The molecule has 31 heavy (non-hydrogen) atoms. The second-order valence-corrected chi connectivity index (χ2v) is 9.62. The van der Waals surface area contributed by atoms with E-state index < -0.39 is 11.7 Å². The molecule has 3 N–H and O–H groups in total. The van der Waals surface area contributed by atoms with E-state index in [0.29, 0.717) is 17.6 Å². The molecule has 8 nitrogen and oxygen atoms in total. The highest BCUT2D eigenvalue weighted by atomic mass is 32.1. The first-order valence-electron chi connectivity index (χ1n) is 10.7. The Hall–Kier alpha value is -2.68. The predicted octanol–water partition coefficient (Wildman–Crippen LogP) is 4.80. The zero-order valence-electron chi connectivity index (χ0n) is 18.3. The third kappa shape index (κ3) is 7.50. The van der Waals surface area contributed by atoms with Gasteiger partial charge < -0.3 is 15.4 Å². The van der Waals surface area contributed by atoms with Gasteiger partial charge in [0.25, 0.3) is 0 Å². The summed E-state index contributed by atoms with van der Waals surface area (Å²) in [4.78, 5) is 33.3. The number of thiazole rings is 1. The third-order valence-corrected chi connectivity index (χ3v) is 5.84. The minimum atomic E-state index is -0.563. The second-order valence-electron chi connectivity index (χ2n) is 8.77. The van der Waals surface area contributed by atoms with Gasteiger partial charge in [-0.15, -0.1) is 11.3 Å². The fourth-order valence-corrected chi connectivity index (χ4v) is 4.37. The van der Waals surface area contributed by atoms with Gasteiger partial charge in [0, 0.05) is 29.9 Å². The molecule has 1 saturated carbocycles. The van der Waals surface area contributed by atoms with Crippen LogP contribution in [-0.2, 0) is 4.74 Å². The molecule has 0 spiro atoms. The van der Waals surface area contributed by atoms with Crippen LogP contribution in [0.15, 0.2) is 29.9 Å². The number of amides is 3. The number of nitrogens with zero attached hydrogens (tertiary/aromatic N) is 2. The summed E-state index contributed by atoms with van der Waals surface area (Å²) in [6.45, 7) is 5.80. The van der Waals surface area contributed by atoms with Crippen molar-refractivity contribution in [1.82, 2.24) is 20.6 Å². The summed E-state index contributed by atoms with van der Waals surface area (Å²) >= 11 is 1.36. The normalized spacial score (nSPS) is 15.7. The number of anilines is 1. The average Bonchev–Trinajstić information content (AvgIpc) is 3.19. The molecule has 0 bridgehead atoms. The Kier molecular flexibility index (Phi) is 7.84. The Morgan fingerprint density at radius 1 is 1.26 bits per heavy atom. The highest BCUT2D eigenvalue weighted by molar-refractivity contribution is 7.14. The number of nitrogens with one attached hydrogen (secondary N) is 3. The maximum absolute atomic E-state index is 12.7. The molecule has 0 unspecified atom stereocenters. The number of carbonyl (C=O) groups excluding carboxylic acids is 2. The smallest absolute Gasteiger partial charge is 0.407 e. The molecule has 0 saturated heterocycles. The highest BCUT2D eigenvalue weighted by Crippen LogP contribution is 2.27. The largest absolute Gasteiger partial charge is 0.444 e. The molecule has 168 valence electrons. The molecule has 2 heterocycles. The minimum absolute atomic E-state index is 0.175. The first-order chi connectivity index (χ1) is 14.8. The highest BCUT2D eigenvalue weighted by Gasteiger charge is 2.27. The van der Waals surface area contributed by atoms with Crippen molar-refractivity contribution < 1.29 is 14.3 Å². The fourth-order valence-electron chi connectivity index (χ4n) is 3.66. The van der Waals surface area contributed by atoms with Crippen LogP contribution in [0.4, 0.5) is 14.7 Å². The average molecular weight is 446 g/mol. The van der Waals surface area contributed by atoms with E-state index in [1.54, 1.807) is 12.4 Å². The molecule has 0 aliphatic heterocycles. The van der Waals surface area contributed by atoms with Crippen LogP contribution in [0.1, 0.15) is 52.9 Å². The van der Waals surface area contributed by atoms with Gasteiger partial charge in [-0.25, -0.2) is 14.6 Å². The summed E-state index contributed by atoms with van der Waals surface area (Å²) < 4.78 is 5.33. The summed E-state index contributed by atoms with van der Waals surface area (Å²) in [5.74, 6) is 0.316. The van der Waals surface area contributed by atoms with Gasteiger partial charge in [0.05, 0.1) is 11.7 Å². The number of hydrogen-bond acceptors (Lipinski definition) is 6. The number of aromatic nitrogens is 2. The Bertz CT molecular complexity index is 860. The van der Waals surface area contributed by atoms with Gasteiger partial charge in [-0.3, -0.25) is 10.3 Å². The van der Waals surface area contributed by atoms with E-state index >= 15 is 0 Å². The van der Waals surface area contributed by atoms with E-state index in [4.69, 9.17) is 4.74 Å². The lowest BCUT2D eigenvalue weighted by molar-refractivity contribution is 0.0516. The minimum Gasteiger partial charge on any atom is -0.444 e. The first-order valence-corrected chi connectivity index (χ1v) is 11.6. The number of ether oxygens (including phenoxy) is 1. The van der Waals surface area contributed by atoms with E-state index in [1.807, 2.05) is 38.3 Å². The summed E-state index contributed by atoms with van der Waals surface area (Å²) in [5.41, 5.74) is 1.10. The predicted molar refractivity (Wildman–Crippen MR) is 122 cm³/mol. The topological polar surface area (TPSA) is 105 Å². The molecule has 1 aliphatic carbocycles. The van der Waals surface area contributed by atoms with Crippen LogP contribution in [0.2, 0.25) is 0 Å². The molecule has 3 rings (SSSR count). The van der Waals surface area contributed by atoms with Crippen molar-refractivity contribution in [2.24, 2.45) is 5.92 Å². The van der Waals surface area contributed by atoms with Crippen molar-refractivity contribution in [2.75, 3.05) is 11.9 Å². The molecule has 3 amide bonds. The lowest BCUT2D eigenvalue weighted by Crippen LogP contribution is -2.50. The zero-order valence-corrected chi connectivity index (χ0v) is 19.1. The van der Waals surface area contributed by atoms with Gasteiger partial charge in [-0.2, -0.15) is 0 Å². The first kappa shape index (κ1) is 23.0. The molecule has 1 fully saturated rings. The summed E-state index contributed by atoms with van der Waals surface area (Å²) in [6, 6.07) is 3.27. The van der Waals surface area contributed by atoms with Crippen LogP contribution in [-0.4, -0.2) is 40.3 Å². The third-order valence-electron chi connectivity index (χ3n) is 5.08. The van der Waals surface area contributed by atoms with Crippen LogP contribution in [0.5, 0.6) is 0 Å².